The van der Waals surface area contributed by atoms with Crippen molar-refractivity contribution in [2.24, 2.45) is 0 Å². The Balaban J connectivity index is 1.70. The Labute approximate surface area is 119 Å². The summed E-state index contributed by atoms with van der Waals surface area (Å²) in [5, 5.41) is 15.4. The van der Waals surface area contributed by atoms with Gasteiger partial charge in [-0.2, -0.15) is 0 Å². The number of fused-ring (bicyclic) bond motifs is 1. The van der Waals surface area contributed by atoms with Crippen molar-refractivity contribution in [3.8, 4) is 0 Å². The number of piperidine rings is 1. The minimum atomic E-state index is -0.468. The fourth-order valence-corrected chi connectivity index (χ4v) is 3.06. The van der Waals surface area contributed by atoms with Gasteiger partial charge in [-0.15, -0.1) is 0 Å². The number of para-hydroxylation sites is 2. The number of aliphatic hydroxyl groups is 1. The summed E-state index contributed by atoms with van der Waals surface area (Å²) < 4.78 is 0. The molecule has 20 heavy (non-hydrogen) atoms. The van der Waals surface area contributed by atoms with Gasteiger partial charge in [0, 0.05) is 26.2 Å². The van der Waals surface area contributed by atoms with Crippen LogP contribution in [0.4, 0.5) is 11.4 Å². The average molecular weight is 275 g/mol. The lowest BCUT2D eigenvalue weighted by molar-refractivity contribution is -0.122. The van der Waals surface area contributed by atoms with Gasteiger partial charge in [0.2, 0.25) is 5.91 Å². The van der Waals surface area contributed by atoms with E-state index in [1.54, 1.807) is 0 Å². The molecule has 0 saturated carbocycles. The Morgan fingerprint density at radius 2 is 1.90 bits per heavy atom. The molecule has 5 heteroatoms. The second kappa shape index (κ2) is 5.42. The van der Waals surface area contributed by atoms with E-state index in [0.717, 1.165) is 50.3 Å². The van der Waals surface area contributed by atoms with Crippen molar-refractivity contribution < 1.29 is 9.90 Å². The Morgan fingerprint density at radius 1 is 1.20 bits per heavy atom. The molecule has 0 aromatic heterocycles. The zero-order valence-corrected chi connectivity index (χ0v) is 11.6. The molecule has 2 heterocycles. The summed E-state index contributed by atoms with van der Waals surface area (Å²) in [5.41, 5.74) is 1.41. The van der Waals surface area contributed by atoms with Crippen LogP contribution < -0.4 is 10.6 Å². The van der Waals surface area contributed by atoms with Crippen molar-refractivity contribution in [2.45, 2.75) is 24.8 Å². The fourth-order valence-electron chi connectivity index (χ4n) is 3.06. The highest BCUT2D eigenvalue weighted by molar-refractivity contribution is 6.06. The van der Waals surface area contributed by atoms with Crippen molar-refractivity contribution >= 4 is 17.3 Å². The standard InChI is InChI=1S/C15H21N3O2/c19-11-3-8-18-9-6-15(7-10-18)14(20)16-12-4-1-2-5-13(12)17-15/h1-2,4-5,17,19H,3,6-11H2,(H,16,20). The number of rotatable bonds is 3. The molecule has 3 rings (SSSR count). The molecule has 108 valence electrons. The molecule has 1 spiro atoms. The first-order valence-electron chi connectivity index (χ1n) is 7.25. The van der Waals surface area contributed by atoms with Crippen LogP contribution in [0.15, 0.2) is 24.3 Å². The maximum atomic E-state index is 12.4. The van der Waals surface area contributed by atoms with Crippen LogP contribution in [0.3, 0.4) is 0 Å². The summed E-state index contributed by atoms with van der Waals surface area (Å²) in [6.45, 7) is 2.92. The Bertz CT molecular complexity index is 496. The molecular weight excluding hydrogens is 254 g/mol. The molecule has 1 saturated heterocycles. The van der Waals surface area contributed by atoms with Crippen LogP contribution >= 0.6 is 0 Å². The lowest BCUT2D eigenvalue weighted by Gasteiger charge is -2.44. The van der Waals surface area contributed by atoms with E-state index in [4.69, 9.17) is 5.11 Å². The number of likely N-dealkylation sites (tertiary alicyclic amines) is 1. The normalized spacial score (nSPS) is 21.1. The molecule has 1 amide bonds. The summed E-state index contributed by atoms with van der Waals surface area (Å²) >= 11 is 0. The van der Waals surface area contributed by atoms with E-state index in [1.165, 1.54) is 0 Å². The molecule has 0 bridgehead atoms. The largest absolute Gasteiger partial charge is 0.396 e. The molecule has 1 aromatic carbocycles. The highest BCUT2D eigenvalue weighted by Crippen LogP contribution is 2.36. The average Bonchev–Trinajstić information content (AvgIpc) is 2.48. The predicted molar refractivity (Wildman–Crippen MR) is 78.8 cm³/mol. The van der Waals surface area contributed by atoms with Gasteiger partial charge in [-0.05, 0) is 31.4 Å². The van der Waals surface area contributed by atoms with Gasteiger partial charge < -0.3 is 20.6 Å². The lowest BCUT2D eigenvalue weighted by atomic mass is 9.84. The molecule has 3 N–H and O–H groups in total. The molecule has 0 radical (unpaired) electrons. The number of hydrogen-bond donors (Lipinski definition) is 3. The summed E-state index contributed by atoms with van der Waals surface area (Å²) in [6, 6.07) is 7.84. The third-order valence-electron chi connectivity index (χ3n) is 4.33. The number of nitrogens with one attached hydrogen (secondary N) is 2. The van der Waals surface area contributed by atoms with Crippen LogP contribution in [-0.2, 0) is 4.79 Å². The minimum absolute atomic E-state index is 0.0815. The van der Waals surface area contributed by atoms with E-state index in [-0.39, 0.29) is 12.5 Å². The van der Waals surface area contributed by atoms with Crippen LogP contribution in [-0.4, -0.2) is 47.7 Å². The van der Waals surface area contributed by atoms with Crippen molar-refractivity contribution in [1.29, 1.82) is 0 Å². The summed E-state index contributed by atoms with van der Waals surface area (Å²) in [5.74, 6) is 0.0815. The van der Waals surface area contributed by atoms with Gasteiger partial charge in [-0.25, -0.2) is 0 Å². The van der Waals surface area contributed by atoms with Gasteiger partial charge in [-0.1, -0.05) is 12.1 Å². The van der Waals surface area contributed by atoms with E-state index >= 15 is 0 Å². The number of carbonyl (C=O) groups excluding carboxylic acids is 1. The maximum Gasteiger partial charge on any atom is 0.250 e. The van der Waals surface area contributed by atoms with Crippen LogP contribution in [0.1, 0.15) is 19.3 Å². The van der Waals surface area contributed by atoms with Crippen LogP contribution in [0, 0.1) is 0 Å². The van der Waals surface area contributed by atoms with E-state index in [0.29, 0.717) is 0 Å². The number of hydrogen-bond acceptors (Lipinski definition) is 4. The van der Waals surface area contributed by atoms with Crippen LogP contribution in [0.2, 0.25) is 0 Å². The first-order valence-corrected chi connectivity index (χ1v) is 7.25. The van der Waals surface area contributed by atoms with E-state index < -0.39 is 5.54 Å². The Morgan fingerprint density at radius 3 is 2.60 bits per heavy atom. The van der Waals surface area contributed by atoms with Crippen LogP contribution in [0.5, 0.6) is 0 Å². The Kier molecular flexibility index (Phi) is 3.63. The number of anilines is 2. The zero-order valence-electron chi connectivity index (χ0n) is 11.6. The van der Waals surface area contributed by atoms with Crippen molar-refractivity contribution in [2.75, 3.05) is 36.9 Å². The molecule has 2 aliphatic rings. The fraction of sp³-hybridized carbons (Fsp3) is 0.533. The topological polar surface area (TPSA) is 64.6 Å². The molecule has 1 aromatic rings. The molecule has 1 fully saturated rings. The summed E-state index contributed by atoms with van der Waals surface area (Å²) in [4.78, 5) is 14.7. The SMILES string of the molecule is O=C1Nc2ccccc2NC12CCN(CCCO)CC2. The van der Waals surface area contributed by atoms with Crippen molar-refractivity contribution in [3.05, 3.63) is 24.3 Å². The molecule has 0 aliphatic carbocycles. The lowest BCUT2D eigenvalue weighted by Crippen LogP contribution is -2.58. The molecule has 0 atom stereocenters. The maximum absolute atomic E-state index is 12.4. The number of nitrogens with zero attached hydrogens (tertiary/aromatic N) is 1. The molecule has 2 aliphatic heterocycles. The number of carbonyl (C=O) groups is 1. The van der Waals surface area contributed by atoms with Gasteiger partial charge in [0.05, 0.1) is 11.4 Å². The Hall–Kier alpha value is -1.59. The monoisotopic (exact) mass is 275 g/mol. The second-order valence-electron chi connectivity index (χ2n) is 5.63. The van der Waals surface area contributed by atoms with Crippen LogP contribution in [0.25, 0.3) is 0 Å². The minimum Gasteiger partial charge on any atom is -0.396 e. The molecule has 0 unspecified atom stereocenters. The predicted octanol–water partition coefficient (Wildman–Crippen LogP) is 1.27. The molecular formula is C15H21N3O2. The quantitative estimate of drug-likeness (QED) is 0.777. The van der Waals surface area contributed by atoms with Gasteiger partial charge in [-0.3, -0.25) is 4.79 Å². The first-order chi connectivity index (χ1) is 9.73. The molecule has 5 nitrogen and oxygen atoms in total. The highest BCUT2D eigenvalue weighted by atomic mass is 16.3. The number of amides is 1. The smallest absolute Gasteiger partial charge is 0.250 e. The van der Waals surface area contributed by atoms with E-state index in [2.05, 4.69) is 15.5 Å². The van der Waals surface area contributed by atoms with Gasteiger partial charge in [0.15, 0.2) is 0 Å². The highest BCUT2D eigenvalue weighted by Gasteiger charge is 2.44. The van der Waals surface area contributed by atoms with Crippen molar-refractivity contribution in [1.82, 2.24) is 4.90 Å². The van der Waals surface area contributed by atoms with E-state index in [9.17, 15) is 4.79 Å². The first kappa shape index (κ1) is 13.4. The zero-order chi connectivity index (χ0) is 14.0. The summed E-state index contributed by atoms with van der Waals surface area (Å²) in [6.07, 6.45) is 2.41. The summed E-state index contributed by atoms with van der Waals surface area (Å²) in [7, 11) is 0. The number of aliphatic hydroxyl groups excluding tert-OH is 1. The van der Waals surface area contributed by atoms with Gasteiger partial charge >= 0.3 is 0 Å². The van der Waals surface area contributed by atoms with Gasteiger partial charge in [0.1, 0.15) is 5.54 Å². The van der Waals surface area contributed by atoms with Crippen molar-refractivity contribution in [3.63, 3.8) is 0 Å². The van der Waals surface area contributed by atoms with Gasteiger partial charge in [0.25, 0.3) is 0 Å². The van der Waals surface area contributed by atoms with E-state index in [1.807, 2.05) is 24.3 Å². The third kappa shape index (κ3) is 2.39. The third-order valence-corrected chi connectivity index (χ3v) is 4.33. The second-order valence-corrected chi connectivity index (χ2v) is 5.63. The number of benzene rings is 1.